The summed E-state index contributed by atoms with van der Waals surface area (Å²) in [5.41, 5.74) is -1.20. The monoisotopic (exact) mass is 291 g/mol. The van der Waals surface area contributed by atoms with Gasteiger partial charge in [-0.15, -0.1) is 0 Å². The van der Waals surface area contributed by atoms with Crippen molar-refractivity contribution in [2.75, 3.05) is 0 Å². The Morgan fingerprint density at radius 3 is 2.69 bits per heavy atom. The van der Waals surface area contributed by atoms with Crippen LogP contribution in [0.4, 0.5) is 14.6 Å². The summed E-state index contributed by atoms with van der Waals surface area (Å²) in [6.45, 7) is 0. The van der Waals surface area contributed by atoms with Crippen molar-refractivity contribution in [1.82, 2.24) is 4.98 Å². The highest BCUT2D eigenvalue weighted by Crippen LogP contribution is 2.31. The van der Waals surface area contributed by atoms with Crippen LogP contribution in [0.2, 0.25) is 0 Å². The van der Waals surface area contributed by atoms with Gasteiger partial charge in [0.1, 0.15) is 11.6 Å². The van der Waals surface area contributed by atoms with E-state index in [1.165, 1.54) is 6.07 Å². The zero-order valence-corrected chi connectivity index (χ0v) is 9.24. The van der Waals surface area contributed by atoms with E-state index in [4.69, 9.17) is 5.26 Å². The van der Waals surface area contributed by atoms with Crippen molar-refractivity contribution in [2.45, 2.75) is 11.8 Å². The quantitative estimate of drug-likeness (QED) is 0.487. The second kappa shape index (κ2) is 4.94. The van der Waals surface area contributed by atoms with Crippen LogP contribution in [0.5, 0.6) is 0 Å². The lowest BCUT2D eigenvalue weighted by Gasteiger charge is -2.04. The number of nitriles is 1. The molecule has 0 aliphatic heterocycles. The van der Waals surface area contributed by atoms with E-state index in [0.717, 1.165) is 6.07 Å². The average Bonchev–Trinajstić information content (AvgIpc) is 2.26. The Morgan fingerprint density at radius 1 is 1.69 bits per heavy atom. The summed E-state index contributed by atoms with van der Waals surface area (Å²) in [6.07, 6.45) is -3.10. The first kappa shape index (κ1) is 12.4. The van der Waals surface area contributed by atoms with Crippen molar-refractivity contribution >= 4 is 21.7 Å². The first-order valence-electron chi connectivity index (χ1n) is 3.93. The van der Waals surface area contributed by atoms with Crippen LogP contribution >= 0.6 is 15.9 Å². The fourth-order valence-electron chi connectivity index (χ4n) is 1.11. The number of pyridine rings is 1. The minimum absolute atomic E-state index is 0.145. The molecular formula is C8H4BrF2N3O2. The number of nitro groups is 1. The second-order valence-corrected chi connectivity index (χ2v) is 3.26. The molecule has 16 heavy (non-hydrogen) atoms. The van der Waals surface area contributed by atoms with Gasteiger partial charge in [-0.1, -0.05) is 15.9 Å². The van der Waals surface area contributed by atoms with Gasteiger partial charge < -0.3 is 10.1 Å². The van der Waals surface area contributed by atoms with Gasteiger partial charge in [0.15, 0.2) is 5.69 Å². The highest BCUT2D eigenvalue weighted by Gasteiger charge is 2.28. The third kappa shape index (κ3) is 2.30. The van der Waals surface area contributed by atoms with Crippen molar-refractivity contribution in [1.29, 1.82) is 5.26 Å². The van der Waals surface area contributed by atoms with E-state index in [9.17, 15) is 18.9 Å². The van der Waals surface area contributed by atoms with E-state index in [1.54, 1.807) is 0 Å². The maximum atomic E-state index is 12.6. The minimum atomic E-state index is -3.10. The molecule has 0 unspecified atom stereocenters. The van der Waals surface area contributed by atoms with Crippen LogP contribution in [0.1, 0.15) is 23.2 Å². The lowest BCUT2D eigenvalue weighted by atomic mass is 10.1. The standard InChI is InChI=1S/C8H4BrF2N3O2/c9-2-5-1-4(3-12)6(7(10)11)8(13-5)14(15)16/h1,7H,2H2. The number of alkyl halides is 3. The third-order valence-corrected chi connectivity index (χ3v) is 2.31. The Kier molecular flexibility index (Phi) is 3.84. The number of nitrogens with zero attached hydrogens (tertiary/aromatic N) is 3. The molecule has 0 aliphatic rings. The average molecular weight is 292 g/mol. The molecule has 0 fully saturated rings. The lowest BCUT2D eigenvalue weighted by Crippen LogP contribution is -2.04. The molecule has 0 saturated heterocycles. The predicted molar refractivity (Wildman–Crippen MR) is 53.2 cm³/mol. The van der Waals surface area contributed by atoms with Crippen LogP contribution in [0.3, 0.4) is 0 Å². The zero-order chi connectivity index (χ0) is 12.3. The van der Waals surface area contributed by atoms with Gasteiger partial charge in [0, 0.05) is 6.07 Å². The molecule has 1 aromatic heterocycles. The van der Waals surface area contributed by atoms with Crippen molar-refractivity contribution < 1.29 is 13.7 Å². The normalized spacial score (nSPS) is 10.2. The summed E-state index contributed by atoms with van der Waals surface area (Å²) in [5.74, 6) is -0.969. The van der Waals surface area contributed by atoms with Crippen LogP contribution in [0.15, 0.2) is 6.07 Å². The molecule has 0 saturated carbocycles. The summed E-state index contributed by atoms with van der Waals surface area (Å²) in [4.78, 5) is 13.0. The summed E-state index contributed by atoms with van der Waals surface area (Å²) in [6, 6.07) is 2.60. The lowest BCUT2D eigenvalue weighted by molar-refractivity contribution is -0.391. The molecule has 0 N–H and O–H groups in total. The molecule has 8 heteroatoms. The number of aromatic nitrogens is 1. The molecular weight excluding hydrogens is 288 g/mol. The van der Waals surface area contributed by atoms with Gasteiger partial charge in [0.2, 0.25) is 0 Å². The molecule has 0 spiro atoms. The van der Waals surface area contributed by atoms with Gasteiger partial charge in [0.25, 0.3) is 6.43 Å². The highest BCUT2D eigenvalue weighted by atomic mass is 79.9. The Morgan fingerprint density at radius 2 is 2.31 bits per heavy atom. The Bertz CT molecular complexity index is 473. The van der Waals surface area contributed by atoms with E-state index in [1.807, 2.05) is 0 Å². The smallest absolute Gasteiger partial charge is 0.358 e. The van der Waals surface area contributed by atoms with Crippen molar-refractivity contribution in [3.8, 4) is 6.07 Å². The molecule has 0 radical (unpaired) electrons. The van der Waals surface area contributed by atoms with E-state index in [2.05, 4.69) is 20.9 Å². The molecule has 84 valence electrons. The van der Waals surface area contributed by atoms with Crippen LogP contribution in [-0.4, -0.2) is 9.91 Å². The Hall–Kier alpha value is -1.62. The number of hydrogen-bond acceptors (Lipinski definition) is 4. The molecule has 1 rings (SSSR count). The number of halogens is 3. The van der Waals surface area contributed by atoms with Crippen molar-refractivity contribution in [2.24, 2.45) is 0 Å². The fraction of sp³-hybridized carbons (Fsp3) is 0.250. The Labute approximate surface area is 97.0 Å². The molecule has 0 atom stereocenters. The van der Waals surface area contributed by atoms with Crippen molar-refractivity contribution in [3.05, 3.63) is 33.0 Å². The zero-order valence-electron chi connectivity index (χ0n) is 7.65. The SMILES string of the molecule is N#Cc1cc(CBr)nc([N+](=O)[O-])c1C(F)F. The van der Waals surface area contributed by atoms with E-state index in [0.29, 0.717) is 0 Å². The van der Waals surface area contributed by atoms with Gasteiger partial charge in [-0.3, -0.25) is 0 Å². The van der Waals surface area contributed by atoms with Crippen LogP contribution in [0.25, 0.3) is 0 Å². The first-order valence-corrected chi connectivity index (χ1v) is 5.05. The van der Waals surface area contributed by atoms with Gasteiger partial charge in [-0.05, 0) is 9.91 Å². The van der Waals surface area contributed by atoms with Crippen molar-refractivity contribution in [3.63, 3.8) is 0 Å². The number of hydrogen-bond donors (Lipinski definition) is 0. The largest absolute Gasteiger partial charge is 0.374 e. The first-order chi connectivity index (χ1) is 7.51. The van der Waals surface area contributed by atoms with Gasteiger partial charge >= 0.3 is 5.82 Å². The second-order valence-electron chi connectivity index (χ2n) is 2.70. The van der Waals surface area contributed by atoms with Crippen LogP contribution in [-0.2, 0) is 5.33 Å². The fourth-order valence-corrected chi connectivity index (χ4v) is 1.40. The highest BCUT2D eigenvalue weighted by molar-refractivity contribution is 9.08. The topological polar surface area (TPSA) is 79.8 Å². The Balaban J connectivity index is 3.55. The summed E-state index contributed by atoms with van der Waals surface area (Å²) in [5, 5.41) is 19.3. The third-order valence-electron chi connectivity index (χ3n) is 1.74. The predicted octanol–water partition coefficient (Wildman–Crippen LogP) is 2.69. The van der Waals surface area contributed by atoms with Crippen LogP contribution < -0.4 is 0 Å². The maximum absolute atomic E-state index is 12.6. The van der Waals surface area contributed by atoms with E-state index >= 15 is 0 Å². The molecule has 0 bridgehead atoms. The molecule has 1 aromatic rings. The van der Waals surface area contributed by atoms with E-state index < -0.39 is 28.3 Å². The maximum Gasteiger partial charge on any atom is 0.374 e. The van der Waals surface area contributed by atoms with E-state index in [-0.39, 0.29) is 11.0 Å². The summed E-state index contributed by atoms with van der Waals surface area (Å²) >= 11 is 2.98. The molecule has 0 aliphatic carbocycles. The van der Waals surface area contributed by atoms with Gasteiger partial charge in [-0.2, -0.15) is 5.26 Å². The van der Waals surface area contributed by atoms with Gasteiger partial charge in [-0.25, -0.2) is 8.78 Å². The minimum Gasteiger partial charge on any atom is -0.358 e. The van der Waals surface area contributed by atoms with Gasteiger partial charge in [0.05, 0.1) is 10.9 Å². The molecule has 1 heterocycles. The molecule has 0 aromatic carbocycles. The molecule has 5 nitrogen and oxygen atoms in total. The van der Waals surface area contributed by atoms with Crippen LogP contribution in [0, 0.1) is 21.4 Å². The number of rotatable bonds is 3. The summed E-state index contributed by atoms with van der Waals surface area (Å²) in [7, 11) is 0. The molecule has 0 amide bonds. The summed E-state index contributed by atoms with van der Waals surface area (Å²) < 4.78 is 25.1.